The predicted octanol–water partition coefficient (Wildman–Crippen LogP) is 4.26. The van der Waals surface area contributed by atoms with Crippen molar-refractivity contribution in [3.63, 3.8) is 0 Å². The summed E-state index contributed by atoms with van der Waals surface area (Å²) in [7, 11) is 0. The van der Waals surface area contributed by atoms with Crippen LogP contribution in [0.4, 0.5) is 5.69 Å². The van der Waals surface area contributed by atoms with Crippen molar-refractivity contribution in [2.24, 2.45) is 0 Å². The maximum Gasteiger partial charge on any atom is 0.224 e. The average Bonchev–Trinajstić information content (AvgIpc) is 2.27. The lowest BCUT2D eigenvalue weighted by molar-refractivity contribution is -0.116. The van der Waals surface area contributed by atoms with Gasteiger partial charge in [-0.1, -0.05) is 23.2 Å². The number of hydrogen-bond donors (Lipinski definition) is 1. The molecule has 0 fully saturated rings. The number of hydrogen-bond acceptors (Lipinski definition) is 1. The van der Waals surface area contributed by atoms with Gasteiger partial charge in [-0.15, -0.1) is 11.6 Å². The van der Waals surface area contributed by atoms with Gasteiger partial charge in [0.1, 0.15) is 0 Å². The van der Waals surface area contributed by atoms with E-state index < -0.39 is 0 Å². The molecule has 0 atom stereocenters. The second-order valence-electron chi connectivity index (χ2n) is 3.37. The minimum atomic E-state index is -0.0933. The third kappa shape index (κ3) is 3.55. The third-order valence-corrected chi connectivity index (χ3v) is 3.30. The van der Waals surface area contributed by atoms with Gasteiger partial charge in [0, 0.05) is 17.3 Å². The highest BCUT2D eigenvalue weighted by atomic mass is 35.5. The lowest BCUT2D eigenvalue weighted by atomic mass is 10.2. The molecule has 0 aliphatic rings. The van der Waals surface area contributed by atoms with Gasteiger partial charge in [-0.3, -0.25) is 4.79 Å². The standard InChI is InChI=1S/C11H12Cl3NO/c1-7-8(13)4-5-9(11(7)14)15-10(16)3-2-6-12/h4-5H,2-3,6H2,1H3,(H,15,16). The van der Waals surface area contributed by atoms with Crippen molar-refractivity contribution in [1.82, 2.24) is 0 Å². The fraction of sp³-hybridized carbons (Fsp3) is 0.364. The largest absolute Gasteiger partial charge is 0.325 e. The Hall–Kier alpha value is -0.440. The number of alkyl halides is 1. The summed E-state index contributed by atoms with van der Waals surface area (Å²) in [5.74, 6) is 0.380. The van der Waals surface area contributed by atoms with Crippen molar-refractivity contribution in [2.75, 3.05) is 11.2 Å². The van der Waals surface area contributed by atoms with E-state index in [2.05, 4.69) is 5.32 Å². The van der Waals surface area contributed by atoms with Gasteiger partial charge in [0.25, 0.3) is 0 Å². The highest BCUT2D eigenvalue weighted by molar-refractivity contribution is 6.38. The molecule has 1 N–H and O–H groups in total. The minimum absolute atomic E-state index is 0.0933. The van der Waals surface area contributed by atoms with Gasteiger partial charge in [-0.2, -0.15) is 0 Å². The summed E-state index contributed by atoms with van der Waals surface area (Å²) in [5.41, 5.74) is 1.35. The van der Waals surface area contributed by atoms with Crippen LogP contribution >= 0.6 is 34.8 Å². The molecule has 88 valence electrons. The van der Waals surface area contributed by atoms with E-state index in [1.54, 1.807) is 19.1 Å². The summed E-state index contributed by atoms with van der Waals surface area (Å²) >= 11 is 17.4. The highest BCUT2D eigenvalue weighted by Crippen LogP contribution is 2.30. The third-order valence-electron chi connectivity index (χ3n) is 2.13. The molecule has 0 saturated heterocycles. The first-order valence-corrected chi connectivity index (χ1v) is 6.15. The summed E-state index contributed by atoms with van der Waals surface area (Å²) in [6.45, 7) is 1.80. The number of nitrogens with one attached hydrogen (secondary N) is 1. The van der Waals surface area contributed by atoms with E-state index in [-0.39, 0.29) is 5.91 Å². The van der Waals surface area contributed by atoms with Crippen LogP contribution in [0.3, 0.4) is 0 Å². The summed E-state index contributed by atoms with van der Waals surface area (Å²) in [5, 5.41) is 3.79. The molecular formula is C11H12Cl3NO. The zero-order valence-corrected chi connectivity index (χ0v) is 11.1. The number of rotatable bonds is 4. The Bertz CT molecular complexity index is 393. The Morgan fingerprint density at radius 3 is 2.69 bits per heavy atom. The van der Waals surface area contributed by atoms with Gasteiger partial charge in [0.2, 0.25) is 5.91 Å². The Labute approximate surface area is 110 Å². The zero-order chi connectivity index (χ0) is 12.1. The highest BCUT2D eigenvalue weighted by Gasteiger charge is 2.09. The van der Waals surface area contributed by atoms with Crippen LogP contribution in [0.5, 0.6) is 0 Å². The number of amides is 1. The van der Waals surface area contributed by atoms with Crippen LogP contribution < -0.4 is 5.32 Å². The summed E-state index contributed by atoms with van der Waals surface area (Å²) in [6, 6.07) is 3.40. The van der Waals surface area contributed by atoms with Gasteiger partial charge >= 0.3 is 0 Å². The van der Waals surface area contributed by atoms with E-state index >= 15 is 0 Å². The van der Waals surface area contributed by atoms with Crippen LogP contribution in [0.25, 0.3) is 0 Å². The van der Waals surface area contributed by atoms with Crippen molar-refractivity contribution in [1.29, 1.82) is 0 Å². The number of anilines is 1. The second-order valence-corrected chi connectivity index (χ2v) is 4.54. The number of benzene rings is 1. The maximum absolute atomic E-state index is 11.5. The van der Waals surface area contributed by atoms with Crippen molar-refractivity contribution in [3.8, 4) is 0 Å². The maximum atomic E-state index is 11.5. The lowest BCUT2D eigenvalue weighted by Crippen LogP contribution is -2.11. The molecule has 2 nitrogen and oxygen atoms in total. The summed E-state index contributed by atoms with van der Waals surface area (Å²) in [6.07, 6.45) is 1.04. The quantitative estimate of drug-likeness (QED) is 0.820. The smallest absolute Gasteiger partial charge is 0.224 e. The predicted molar refractivity (Wildman–Crippen MR) is 69.8 cm³/mol. The van der Waals surface area contributed by atoms with Gasteiger partial charge in [0.15, 0.2) is 0 Å². The Balaban J connectivity index is 2.74. The van der Waals surface area contributed by atoms with Gasteiger partial charge < -0.3 is 5.32 Å². The Morgan fingerprint density at radius 1 is 1.38 bits per heavy atom. The number of carbonyl (C=O) groups excluding carboxylic acids is 1. The van der Waals surface area contributed by atoms with E-state index in [1.165, 1.54) is 0 Å². The summed E-state index contributed by atoms with van der Waals surface area (Å²) < 4.78 is 0. The Morgan fingerprint density at radius 2 is 2.06 bits per heavy atom. The average molecular weight is 281 g/mol. The number of carbonyl (C=O) groups is 1. The molecule has 1 aromatic rings. The SMILES string of the molecule is Cc1c(Cl)ccc(NC(=O)CCCCl)c1Cl. The first-order chi connectivity index (χ1) is 7.56. The molecule has 0 unspecified atom stereocenters. The van der Waals surface area contributed by atoms with E-state index in [4.69, 9.17) is 34.8 Å². The monoisotopic (exact) mass is 279 g/mol. The van der Waals surface area contributed by atoms with E-state index in [1.807, 2.05) is 0 Å². The van der Waals surface area contributed by atoms with Gasteiger partial charge in [0.05, 0.1) is 10.7 Å². The molecule has 1 amide bonds. The van der Waals surface area contributed by atoms with Crippen molar-refractivity contribution in [2.45, 2.75) is 19.8 Å². The van der Waals surface area contributed by atoms with Crippen LogP contribution in [0.2, 0.25) is 10.0 Å². The Kier molecular flexibility index (Phi) is 5.39. The molecule has 5 heteroatoms. The van der Waals surface area contributed by atoms with E-state index in [0.717, 1.165) is 5.56 Å². The first-order valence-electron chi connectivity index (χ1n) is 4.86. The lowest BCUT2D eigenvalue weighted by Gasteiger charge is -2.09. The fourth-order valence-corrected chi connectivity index (χ4v) is 1.75. The molecule has 1 rings (SSSR count). The molecular weight excluding hydrogens is 268 g/mol. The van der Waals surface area contributed by atoms with Crippen LogP contribution in [0.1, 0.15) is 18.4 Å². The zero-order valence-electron chi connectivity index (χ0n) is 8.82. The fourth-order valence-electron chi connectivity index (χ4n) is 1.20. The van der Waals surface area contributed by atoms with Crippen LogP contribution in [0.15, 0.2) is 12.1 Å². The topological polar surface area (TPSA) is 29.1 Å². The van der Waals surface area contributed by atoms with Gasteiger partial charge in [-0.05, 0) is 31.0 Å². The van der Waals surface area contributed by atoms with E-state index in [0.29, 0.717) is 34.5 Å². The van der Waals surface area contributed by atoms with Gasteiger partial charge in [-0.25, -0.2) is 0 Å². The molecule has 0 aliphatic heterocycles. The summed E-state index contributed by atoms with van der Waals surface area (Å²) in [4.78, 5) is 11.5. The molecule has 0 spiro atoms. The van der Waals surface area contributed by atoms with Crippen LogP contribution in [0, 0.1) is 6.92 Å². The van der Waals surface area contributed by atoms with Crippen LogP contribution in [-0.2, 0) is 4.79 Å². The number of halogens is 3. The molecule has 0 bridgehead atoms. The first kappa shape index (κ1) is 13.6. The molecule has 0 aromatic heterocycles. The minimum Gasteiger partial charge on any atom is -0.325 e. The molecule has 16 heavy (non-hydrogen) atoms. The molecule has 0 aliphatic carbocycles. The van der Waals surface area contributed by atoms with Crippen molar-refractivity contribution < 1.29 is 4.79 Å². The van der Waals surface area contributed by atoms with E-state index in [9.17, 15) is 4.79 Å². The molecule has 1 aromatic carbocycles. The van der Waals surface area contributed by atoms with Crippen molar-refractivity contribution >= 4 is 46.4 Å². The molecule has 0 heterocycles. The molecule has 0 saturated carbocycles. The van der Waals surface area contributed by atoms with Crippen molar-refractivity contribution in [3.05, 3.63) is 27.7 Å². The second kappa shape index (κ2) is 6.33. The molecule has 0 radical (unpaired) electrons. The normalized spacial score (nSPS) is 10.2. The van der Waals surface area contributed by atoms with Crippen LogP contribution in [-0.4, -0.2) is 11.8 Å².